The second-order valence-electron chi connectivity index (χ2n) is 3.98. The third-order valence-corrected chi connectivity index (χ3v) is 3.41. The highest BCUT2D eigenvalue weighted by Gasteiger charge is 2.04. The zero-order valence-electron chi connectivity index (χ0n) is 10.0. The van der Waals surface area contributed by atoms with Gasteiger partial charge in [-0.05, 0) is 31.0 Å². The van der Waals surface area contributed by atoms with Crippen LogP contribution in [0.2, 0.25) is 0 Å². The first-order valence-corrected chi connectivity index (χ1v) is 7.25. The summed E-state index contributed by atoms with van der Waals surface area (Å²) < 4.78 is 22.4. The largest absolute Gasteiger partial charge is 0.300 e. The van der Waals surface area contributed by atoms with Crippen LogP contribution < -0.4 is 0 Å². The van der Waals surface area contributed by atoms with Crippen LogP contribution in [0.25, 0.3) is 6.08 Å². The lowest BCUT2D eigenvalue weighted by molar-refractivity contribution is -0.116. The van der Waals surface area contributed by atoms with E-state index in [0.29, 0.717) is 17.7 Å². The molecule has 0 atom stereocenters. The molecule has 0 aromatic heterocycles. The topological polar surface area (TPSA) is 51.2 Å². The van der Waals surface area contributed by atoms with Crippen LogP contribution in [0.4, 0.5) is 0 Å². The Morgan fingerprint density at radius 3 is 2.29 bits per heavy atom. The van der Waals surface area contributed by atoms with Gasteiger partial charge in [-0.3, -0.25) is 0 Å². The molecule has 0 radical (unpaired) electrons. The number of hydrogen-bond acceptors (Lipinski definition) is 3. The maximum atomic E-state index is 11.2. The van der Waals surface area contributed by atoms with Gasteiger partial charge in [0.05, 0.1) is 4.90 Å². The van der Waals surface area contributed by atoms with E-state index in [2.05, 4.69) is 0 Å². The van der Waals surface area contributed by atoms with Gasteiger partial charge in [0.15, 0.2) is 9.84 Å². The molecule has 1 rings (SSSR count). The van der Waals surface area contributed by atoms with Crippen LogP contribution in [-0.2, 0) is 14.6 Å². The molecule has 0 N–H and O–H groups in total. The van der Waals surface area contributed by atoms with E-state index >= 15 is 0 Å². The summed E-state index contributed by atoms with van der Waals surface area (Å²) in [5.74, 6) is 0.169. The molecular formula is C13H16O3S. The predicted octanol–water partition coefficient (Wildman–Crippen LogP) is 2.47. The first-order valence-electron chi connectivity index (χ1n) is 5.36. The summed E-state index contributed by atoms with van der Waals surface area (Å²) in [6, 6.07) is 6.67. The number of allylic oxidation sites excluding steroid dienone is 1. The fourth-order valence-electron chi connectivity index (χ4n) is 1.33. The minimum Gasteiger partial charge on any atom is -0.300 e. The van der Waals surface area contributed by atoms with Crippen LogP contribution in [-0.4, -0.2) is 20.5 Å². The van der Waals surface area contributed by atoms with Gasteiger partial charge in [-0.2, -0.15) is 0 Å². The summed E-state index contributed by atoms with van der Waals surface area (Å²) in [7, 11) is -3.12. The maximum Gasteiger partial charge on any atom is 0.175 e. The van der Waals surface area contributed by atoms with Crippen molar-refractivity contribution < 1.29 is 13.2 Å². The lowest BCUT2D eigenvalue weighted by Gasteiger charge is -1.98. The van der Waals surface area contributed by atoms with Crippen molar-refractivity contribution in [3.05, 3.63) is 35.9 Å². The molecule has 0 aliphatic carbocycles. The molecule has 1 aromatic rings. The van der Waals surface area contributed by atoms with E-state index in [4.69, 9.17) is 0 Å². The number of sulfone groups is 1. The van der Waals surface area contributed by atoms with Crippen molar-refractivity contribution in [1.29, 1.82) is 0 Å². The van der Waals surface area contributed by atoms with Crippen molar-refractivity contribution in [2.24, 2.45) is 0 Å². The molecule has 17 heavy (non-hydrogen) atoms. The van der Waals surface area contributed by atoms with Crippen molar-refractivity contribution in [1.82, 2.24) is 0 Å². The van der Waals surface area contributed by atoms with E-state index < -0.39 is 9.84 Å². The SMILES string of the molecule is CC(=O)CC/C=C/c1ccc(S(C)(=O)=O)cc1. The monoisotopic (exact) mass is 252 g/mol. The molecular weight excluding hydrogens is 236 g/mol. The summed E-state index contributed by atoms with van der Waals surface area (Å²) in [6.45, 7) is 1.56. The van der Waals surface area contributed by atoms with Crippen molar-refractivity contribution in [3.63, 3.8) is 0 Å². The van der Waals surface area contributed by atoms with Gasteiger partial charge >= 0.3 is 0 Å². The van der Waals surface area contributed by atoms with Crippen LogP contribution in [0.15, 0.2) is 35.2 Å². The molecule has 0 bridgehead atoms. The van der Waals surface area contributed by atoms with E-state index in [1.807, 2.05) is 12.2 Å². The second kappa shape index (κ2) is 5.77. The van der Waals surface area contributed by atoms with Gasteiger partial charge in [0.2, 0.25) is 0 Å². The average Bonchev–Trinajstić information content (AvgIpc) is 2.23. The van der Waals surface area contributed by atoms with Crippen LogP contribution in [0.3, 0.4) is 0 Å². The third-order valence-electron chi connectivity index (χ3n) is 2.28. The zero-order chi connectivity index (χ0) is 12.9. The number of hydrogen-bond donors (Lipinski definition) is 0. The summed E-state index contributed by atoms with van der Waals surface area (Å²) in [6.07, 6.45) is 6.23. The van der Waals surface area contributed by atoms with Crippen LogP contribution >= 0.6 is 0 Å². The molecule has 0 unspecified atom stereocenters. The van der Waals surface area contributed by atoms with E-state index in [-0.39, 0.29) is 5.78 Å². The molecule has 0 fully saturated rings. The summed E-state index contributed by atoms with van der Waals surface area (Å²) in [4.78, 5) is 11.0. The van der Waals surface area contributed by atoms with Crippen LogP contribution in [0.1, 0.15) is 25.3 Å². The fourth-order valence-corrected chi connectivity index (χ4v) is 1.96. The van der Waals surface area contributed by atoms with E-state index in [9.17, 15) is 13.2 Å². The number of benzene rings is 1. The second-order valence-corrected chi connectivity index (χ2v) is 6.00. The van der Waals surface area contributed by atoms with E-state index in [1.54, 1.807) is 31.2 Å². The fraction of sp³-hybridized carbons (Fsp3) is 0.308. The Kier molecular flexibility index (Phi) is 4.63. The van der Waals surface area contributed by atoms with Gasteiger partial charge in [-0.15, -0.1) is 0 Å². The highest BCUT2D eigenvalue weighted by molar-refractivity contribution is 7.90. The molecule has 0 aliphatic heterocycles. The van der Waals surface area contributed by atoms with Crippen molar-refractivity contribution in [2.45, 2.75) is 24.7 Å². The van der Waals surface area contributed by atoms with Crippen LogP contribution in [0, 0.1) is 0 Å². The first kappa shape index (κ1) is 13.6. The first-order chi connectivity index (χ1) is 7.89. The van der Waals surface area contributed by atoms with Gasteiger partial charge in [0.1, 0.15) is 5.78 Å². The minimum absolute atomic E-state index is 0.169. The predicted molar refractivity (Wildman–Crippen MR) is 68.5 cm³/mol. The normalized spacial score (nSPS) is 11.9. The average molecular weight is 252 g/mol. The minimum atomic E-state index is -3.12. The molecule has 0 amide bonds. The number of carbonyl (C=O) groups is 1. The Labute approximate surface area is 102 Å². The molecule has 0 spiro atoms. The standard InChI is InChI=1S/C13H16O3S/c1-11(14)5-3-4-6-12-7-9-13(10-8-12)17(2,15)16/h4,6-10H,3,5H2,1-2H3/b6-4+. The van der Waals surface area contributed by atoms with Crippen molar-refractivity contribution in [2.75, 3.05) is 6.26 Å². The molecule has 0 heterocycles. The Balaban J connectivity index is 2.66. The number of Topliss-reactive ketones (excluding diaryl/α,β-unsaturated/α-hetero) is 1. The van der Waals surface area contributed by atoms with Crippen molar-refractivity contribution >= 4 is 21.7 Å². The van der Waals surface area contributed by atoms with Gasteiger partial charge in [-0.25, -0.2) is 8.42 Å². The van der Waals surface area contributed by atoms with Crippen LogP contribution in [0.5, 0.6) is 0 Å². The van der Waals surface area contributed by atoms with Gasteiger partial charge < -0.3 is 4.79 Å². The highest BCUT2D eigenvalue weighted by atomic mass is 32.2. The van der Waals surface area contributed by atoms with E-state index in [1.165, 1.54) is 6.26 Å². The molecule has 92 valence electrons. The molecule has 4 heteroatoms. The lowest BCUT2D eigenvalue weighted by atomic mass is 10.1. The summed E-state index contributed by atoms with van der Waals surface area (Å²) in [5, 5.41) is 0. The third kappa shape index (κ3) is 4.95. The highest BCUT2D eigenvalue weighted by Crippen LogP contribution is 2.11. The zero-order valence-corrected chi connectivity index (χ0v) is 10.8. The Morgan fingerprint density at radius 2 is 1.82 bits per heavy atom. The van der Waals surface area contributed by atoms with Gasteiger partial charge in [0, 0.05) is 12.7 Å². The molecule has 0 saturated heterocycles. The Hall–Kier alpha value is -1.42. The molecule has 0 saturated carbocycles. The summed E-state index contributed by atoms with van der Waals surface area (Å²) in [5.41, 5.74) is 0.931. The van der Waals surface area contributed by atoms with Gasteiger partial charge in [-0.1, -0.05) is 24.3 Å². The molecule has 0 aliphatic rings. The van der Waals surface area contributed by atoms with Gasteiger partial charge in [0.25, 0.3) is 0 Å². The van der Waals surface area contributed by atoms with Crippen molar-refractivity contribution in [3.8, 4) is 0 Å². The quantitative estimate of drug-likeness (QED) is 0.809. The number of rotatable bonds is 5. The number of ketones is 1. The van der Waals surface area contributed by atoms with E-state index in [0.717, 1.165) is 5.56 Å². The molecule has 1 aromatic carbocycles. The smallest absolute Gasteiger partial charge is 0.175 e. The molecule has 3 nitrogen and oxygen atoms in total. The summed E-state index contributed by atoms with van der Waals surface area (Å²) >= 11 is 0. The maximum absolute atomic E-state index is 11.2. The Bertz CT molecular complexity index is 510. The lowest BCUT2D eigenvalue weighted by Crippen LogP contribution is -1.96. The number of carbonyl (C=O) groups excluding carboxylic acids is 1. The Morgan fingerprint density at radius 1 is 1.24 bits per heavy atom.